The first kappa shape index (κ1) is 11.3. The molecule has 1 heterocycles. The lowest BCUT2D eigenvalue weighted by molar-refractivity contribution is 0.593. The molecule has 0 fully saturated rings. The number of rotatable bonds is 4. The fourth-order valence-electron chi connectivity index (χ4n) is 1.14. The van der Waals surface area contributed by atoms with Gasteiger partial charge in [-0.3, -0.25) is 0 Å². The first-order valence-corrected chi connectivity index (χ1v) is 5.37. The van der Waals surface area contributed by atoms with Crippen molar-refractivity contribution >= 4 is 17.3 Å². The van der Waals surface area contributed by atoms with E-state index in [2.05, 4.69) is 24.1 Å². The van der Waals surface area contributed by atoms with Crippen molar-refractivity contribution in [1.29, 1.82) is 0 Å². The minimum atomic E-state index is 0.552. The van der Waals surface area contributed by atoms with Crippen LogP contribution >= 0.6 is 11.6 Å². The highest BCUT2D eigenvalue weighted by Gasteiger charge is 2.02. The second kappa shape index (κ2) is 5.20. The Morgan fingerprint density at radius 1 is 1.57 bits per heavy atom. The largest absolute Gasteiger partial charge is 0.383 e. The van der Waals surface area contributed by atoms with Gasteiger partial charge in [0.25, 0.3) is 0 Å². The van der Waals surface area contributed by atoms with Crippen LogP contribution in [-0.2, 0) is 0 Å². The van der Waals surface area contributed by atoms with Crippen molar-refractivity contribution < 1.29 is 0 Å². The minimum absolute atomic E-state index is 0.552. The van der Waals surface area contributed by atoms with Gasteiger partial charge in [-0.2, -0.15) is 0 Å². The van der Waals surface area contributed by atoms with Crippen LogP contribution in [0.3, 0.4) is 0 Å². The second-order valence-corrected chi connectivity index (χ2v) is 4.10. The molecule has 1 unspecified atom stereocenters. The summed E-state index contributed by atoms with van der Waals surface area (Å²) < 4.78 is 0. The third-order valence-corrected chi connectivity index (χ3v) is 2.62. The number of hydrogen-bond donors (Lipinski definition) is 1. The normalized spacial score (nSPS) is 12.6. The highest BCUT2D eigenvalue weighted by molar-refractivity contribution is 6.29. The summed E-state index contributed by atoms with van der Waals surface area (Å²) in [5, 5.41) is 3.92. The number of nitrogens with zero attached hydrogens (tertiary/aromatic N) is 1. The summed E-state index contributed by atoms with van der Waals surface area (Å²) in [6.07, 6.45) is 2.98. The van der Waals surface area contributed by atoms with Crippen LogP contribution in [0.2, 0.25) is 5.15 Å². The lowest BCUT2D eigenvalue weighted by Gasteiger charge is -2.12. The van der Waals surface area contributed by atoms with Crippen LogP contribution in [-0.4, -0.2) is 11.5 Å². The van der Waals surface area contributed by atoms with Gasteiger partial charge >= 0.3 is 0 Å². The average Bonchev–Trinajstić information content (AvgIpc) is 2.16. The molecule has 3 heteroatoms. The van der Waals surface area contributed by atoms with E-state index >= 15 is 0 Å². The van der Waals surface area contributed by atoms with Gasteiger partial charge in [0.05, 0.1) is 11.9 Å². The number of aryl methyl sites for hydroxylation is 1. The molecule has 1 N–H and O–H groups in total. The van der Waals surface area contributed by atoms with E-state index in [0.29, 0.717) is 11.1 Å². The van der Waals surface area contributed by atoms with Gasteiger partial charge in [0.15, 0.2) is 0 Å². The van der Waals surface area contributed by atoms with E-state index in [0.717, 1.165) is 17.8 Å². The monoisotopic (exact) mass is 212 g/mol. The molecule has 1 aromatic heterocycles. The number of nitrogens with one attached hydrogen (secondary N) is 1. The zero-order chi connectivity index (χ0) is 10.6. The predicted octanol–water partition coefficient (Wildman–Crippen LogP) is 3.50. The number of pyridine rings is 1. The van der Waals surface area contributed by atoms with Crippen LogP contribution in [0.1, 0.15) is 25.8 Å². The van der Waals surface area contributed by atoms with E-state index in [1.54, 1.807) is 6.20 Å². The molecule has 0 radical (unpaired) electrons. The molecule has 0 aliphatic heterocycles. The quantitative estimate of drug-likeness (QED) is 0.773. The molecule has 0 saturated heterocycles. The molecule has 1 rings (SSSR count). The Balaban J connectivity index is 2.59. The Hall–Kier alpha value is -0.760. The van der Waals surface area contributed by atoms with E-state index in [1.165, 1.54) is 6.42 Å². The van der Waals surface area contributed by atoms with Crippen LogP contribution < -0.4 is 5.32 Å². The van der Waals surface area contributed by atoms with E-state index in [1.807, 2.05) is 13.0 Å². The summed E-state index contributed by atoms with van der Waals surface area (Å²) in [7, 11) is 0. The fourth-order valence-corrected chi connectivity index (χ4v) is 1.35. The fraction of sp³-hybridized carbons (Fsp3) is 0.545. The highest BCUT2D eigenvalue weighted by Crippen LogP contribution is 2.17. The van der Waals surface area contributed by atoms with Crippen molar-refractivity contribution in [2.45, 2.75) is 27.2 Å². The number of aromatic nitrogens is 1. The number of hydrogen-bond acceptors (Lipinski definition) is 2. The first-order chi connectivity index (χ1) is 6.63. The Labute approximate surface area is 90.7 Å². The smallest absolute Gasteiger partial charge is 0.129 e. The summed E-state index contributed by atoms with van der Waals surface area (Å²) in [5.41, 5.74) is 2.23. The topological polar surface area (TPSA) is 24.9 Å². The van der Waals surface area contributed by atoms with Crippen molar-refractivity contribution in [2.75, 3.05) is 11.9 Å². The molecular weight excluding hydrogens is 196 g/mol. The molecular formula is C11H17ClN2. The third kappa shape index (κ3) is 3.18. The van der Waals surface area contributed by atoms with Gasteiger partial charge in [0.1, 0.15) is 5.15 Å². The Kier molecular flexibility index (Phi) is 4.21. The molecule has 1 atom stereocenters. The molecule has 14 heavy (non-hydrogen) atoms. The Morgan fingerprint density at radius 2 is 2.29 bits per heavy atom. The van der Waals surface area contributed by atoms with Gasteiger partial charge in [-0.1, -0.05) is 31.9 Å². The maximum Gasteiger partial charge on any atom is 0.129 e. The summed E-state index contributed by atoms with van der Waals surface area (Å²) in [4.78, 5) is 4.05. The second-order valence-electron chi connectivity index (χ2n) is 3.72. The van der Waals surface area contributed by atoms with Crippen molar-refractivity contribution in [3.63, 3.8) is 0 Å². The summed E-state index contributed by atoms with van der Waals surface area (Å²) in [6.45, 7) is 7.44. The number of halogens is 1. The standard InChI is InChI=1S/C11H17ClN2/c1-4-8(2)6-13-10-7-14-11(12)5-9(10)3/h5,7-8,13H,4,6H2,1-3H3. The Bertz CT molecular complexity index is 299. The summed E-state index contributed by atoms with van der Waals surface area (Å²) in [5.74, 6) is 0.685. The van der Waals surface area contributed by atoms with Crippen molar-refractivity contribution in [2.24, 2.45) is 5.92 Å². The van der Waals surface area contributed by atoms with Gasteiger partial charge < -0.3 is 5.32 Å². The number of anilines is 1. The lowest BCUT2D eigenvalue weighted by atomic mass is 10.1. The molecule has 78 valence electrons. The molecule has 0 aliphatic rings. The van der Waals surface area contributed by atoms with Gasteiger partial charge in [-0.05, 0) is 24.5 Å². The van der Waals surface area contributed by atoms with E-state index < -0.39 is 0 Å². The SMILES string of the molecule is CCC(C)CNc1cnc(Cl)cc1C. The zero-order valence-electron chi connectivity index (χ0n) is 8.97. The van der Waals surface area contributed by atoms with Gasteiger partial charge in [-0.25, -0.2) is 4.98 Å². The molecule has 0 saturated carbocycles. The van der Waals surface area contributed by atoms with Crippen molar-refractivity contribution in [3.05, 3.63) is 23.0 Å². The molecule has 0 bridgehead atoms. The molecule has 0 aromatic carbocycles. The lowest BCUT2D eigenvalue weighted by Crippen LogP contribution is -2.11. The maximum absolute atomic E-state index is 5.77. The van der Waals surface area contributed by atoms with Crippen LogP contribution in [0, 0.1) is 12.8 Å². The Morgan fingerprint density at radius 3 is 2.86 bits per heavy atom. The molecule has 0 spiro atoms. The van der Waals surface area contributed by atoms with Gasteiger partial charge in [0.2, 0.25) is 0 Å². The van der Waals surface area contributed by atoms with E-state index in [4.69, 9.17) is 11.6 Å². The van der Waals surface area contributed by atoms with Gasteiger partial charge in [0, 0.05) is 6.54 Å². The van der Waals surface area contributed by atoms with Crippen molar-refractivity contribution in [3.8, 4) is 0 Å². The molecule has 0 aliphatic carbocycles. The molecule has 2 nitrogen and oxygen atoms in total. The van der Waals surface area contributed by atoms with E-state index in [9.17, 15) is 0 Å². The van der Waals surface area contributed by atoms with E-state index in [-0.39, 0.29) is 0 Å². The summed E-state index contributed by atoms with van der Waals surface area (Å²) in [6, 6.07) is 1.88. The van der Waals surface area contributed by atoms with Gasteiger partial charge in [-0.15, -0.1) is 0 Å². The average molecular weight is 213 g/mol. The molecule has 0 amide bonds. The van der Waals surface area contributed by atoms with Crippen LogP contribution in [0.15, 0.2) is 12.3 Å². The minimum Gasteiger partial charge on any atom is -0.383 e. The summed E-state index contributed by atoms with van der Waals surface area (Å²) >= 11 is 5.77. The zero-order valence-corrected chi connectivity index (χ0v) is 9.73. The molecule has 1 aromatic rings. The third-order valence-electron chi connectivity index (χ3n) is 2.42. The first-order valence-electron chi connectivity index (χ1n) is 4.99. The van der Waals surface area contributed by atoms with Crippen molar-refractivity contribution in [1.82, 2.24) is 4.98 Å². The highest BCUT2D eigenvalue weighted by atomic mass is 35.5. The van der Waals surface area contributed by atoms with Crippen LogP contribution in [0.25, 0.3) is 0 Å². The predicted molar refractivity (Wildman–Crippen MR) is 61.9 cm³/mol. The van der Waals surface area contributed by atoms with Crippen LogP contribution in [0.4, 0.5) is 5.69 Å². The van der Waals surface area contributed by atoms with Crippen LogP contribution in [0.5, 0.6) is 0 Å². The maximum atomic E-state index is 5.77.